The Morgan fingerprint density at radius 3 is 2.82 bits per heavy atom. The van der Waals surface area contributed by atoms with E-state index in [1.54, 1.807) is 4.90 Å². The molecule has 2 aromatic rings. The zero-order chi connectivity index (χ0) is 15.7. The zero-order valence-corrected chi connectivity index (χ0v) is 13.4. The minimum Gasteiger partial charge on any atom is -0.383 e. The number of β-amino-alcohol motifs (C(OH)–C–C–N with tert-alkyl or cyclic N) is 1. The number of nitrogens with one attached hydrogen (secondary N) is 1. The first-order valence-electron chi connectivity index (χ1n) is 7.12. The number of amides is 2. The predicted octanol–water partition coefficient (Wildman–Crippen LogP) is 2.28. The van der Waals surface area contributed by atoms with E-state index in [2.05, 4.69) is 15.5 Å². The number of rotatable bonds is 2. The third-order valence-electron chi connectivity index (χ3n) is 3.92. The van der Waals surface area contributed by atoms with Crippen LogP contribution in [0, 0.1) is 13.8 Å². The number of aryl methyl sites for hydroxylation is 2. The molecule has 22 heavy (non-hydrogen) atoms. The van der Waals surface area contributed by atoms with E-state index in [0.717, 1.165) is 16.1 Å². The van der Waals surface area contributed by atoms with Gasteiger partial charge in [-0.1, -0.05) is 35.6 Å². The maximum atomic E-state index is 12.3. The average Bonchev–Trinajstić information content (AvgIpc) is 3.06. The first kappa shape index (κ1) is 14.9. The summed E-state index contributed by atoms with van der Waals surface area (Å²) in [5.74, 6) is 0. The van der Waals surface area contributed by atoms with Crippen molar-refractivity contribution in [2.75, 3.05) is 18.4 Å². The number of aliphatic hydroxyl groups is 1. The molecule has 1 aliphatic heterocycles. The molecule has 1 aromatic heterocycles. The Labute approximate surface area is 132 Å². The highest BCUT2D eigenvalue weighted by Crippen LogP contribution is 2.34. The number of anilines is 1. The Morgan fingerprint density at radius 1 is 1.36 bits per heavy atom. The van der Waals surface area contributed by atoms with E-state index in [4.69, 9.17) is 0 Å². The number of carbonyl (C=O) groups is 1. The lowest BCUT2D eigenvalue weighted by Crippen LogP contribution is -2.37. The molecule has 1 fully saturated rings. The number of carbonyl (C=O) groups excluding carboxylic acids is 1. The van der Waals surface area contributed by atoms with Gasteiger partial charge in [-0.2, -0.15) is 0 Å². The molecule has 2 amide bonds. The summed E-state index contributed by atoms with van der Waals surface area (Å²) in [5, 5.41) is 22.6. The molecule has 1 saturated heterocycles. The Morgan fingerprint density at radius 2 is 2.14 bits per heavy atom. The molecule has 0 saturated carbocycles. The van der Waals surface area contributed by atoms with Gasteiger partial charge in [-0.15, -0.1) is 10.2 Å². The Hall–Kier alpha value is -1.99. The van der Waals surface area contributed by atoms with Crippen molar-refractivity contribution >= 4 is 22.5 Å². The van der Waals surface area contributed by atoms with Gasteiger partial charge in [0.15, 0.2) is 0 Å². The highest BCUT2D eigenvalue weighted by molar-refractivity contribution is 7.15. The normalized spacial score (nSPS) is 21.1. The number of nitrogens with zero attached hydrogens (tertiary/aromatic N) is 3. The van der Waals surface area contributed by atoms with Crippen LogP contribution in [0.4, 0.5) is 9.93 Å². The lowest BCUT2D eigenvalue weighted by Gasteiger charge is -2.25. The van der Waals surface area contributed by atoms with Gasteiger partial charge in [0.25, 0.3) is 0 Å². The number of hydrogen-bond donors (Lipinski definition) is 2. The summed E-state index contributed by atoms with van der Waals surface area (Å²) in [6.45, 7) is 4.59. The van der Waals surface area contributed by atoms with Crippen molar-refractivity contribution in [3.05, 3.63) is 40.4 Å². The van der Waals surface area contributed by atoms with E-state index >= 15 is 0 Å². The molecule has 1 unspecified atom stereocenters. The first-order chi connectivity index (χ1) is 10.5. The van der Waals surface area contributed by atoms with Crippen LogP contribution in [-0.2, 0) is 5.60 Å². The van der Waals surface area contributed by atoms with E-state index in [0.29, 0.717) is 18.1 Å². The van der Waals surface area contributed by atoms with Crippen molar-refractivity contribution in [3.8, 4) is 0 Å². The zero-order valence-electron chi connectivity index (χ0n) is 12.5. The van der Waals surface area contributed by atoms with E-state index in [-0.39, 0.29) is 12.6 Å². The van der Waals surface area contributed by atoms with Gasteiger partial charge in [-0.25, -0.2) is 4.79 Å². The van der Waals surface area contributed by atoms with Crippen LogP contribution in [0.5, 0.6) is 0 Å². The number of hydrogen-bond acceptors (Lipinski definition) is 5. The summed E-state index contributed by atoms with van der Waals surface area (Å²) in [6, 6.07) is 7.50. The van der Waals surface area contributed by atoms with Gasteiger partial charge in [0.1, 0.15) is 10.6 Å². The van der Waals surface area contributed by atoms with Gasteiger partial charge in [0, 0.05) is 6.54 Å². The first-order valence-corrected chi connectivity index (χ1v) is 7.94. The molecule has 3 rings (SSSR count). The van der Waals surface area contributed by atoms with Crippen LogP contribution in [0.3, 0.4) is 0 Å². The summed E-state index contributed by atoms with van der Waals surface area (Å²) in [6.07, 6.45) is 0.528. The lowest BCUT2D eigenvalue weighted by atomic mass is 9.89. The van der Waals surface area contributed by atoms with Gasteiger partial charge in [-0.3, -0.25) is 5.32 Å². The van der Waals surface area contributed by atoms with Crippen LogP contribution in [0.15, 0.2) is 24.3 Å². The topological polar surface area (TPSA) is 78.4 Å². The summed E-state index contributed by atoms with van der Waals surface area (Å²) in [7, 11) is 0. The second-order valence-electron chi connectivity index (χ2n) is 5.57. The minimum absolute atomic E-state index is 0.249. The van der Waals surface area contributed by atoms with Gasteiger partial charge in [0.05, 0.1) is 6.54 Å². The number of likely N-dealkylation sites (tertiary alicyclic amines) is 1. The lowest BCUT2D eigenvalue weighted by molar-refractivity contribution is 0.0494. The van der Waals surface area contributed by atoms with Crippen molar-refractivity contribution < 1.29 is 9.90 Å². The molecular formula is C15H18N4O2S. The minimum atomic E-state index is -0.986. The molecule has 0 bridgehead atoms. The molecule has 7 heteroatoms. The highest BCUT2D eigenvalue weighted by Gasteiger charge is 2.40. The molecule has 0 radical (unpaired) electrons. The Kier molecular flexibility index (Phi) is 3.84. The average molecular weight is 318 g/mol. The second-order valence-corrected chi connectivity index (χ2v) is 6.76. The summed E-state index contributed by atoms with van der Waals surface area (Å²) < 4.78 is 0. The van der Waals surface area contributed by atoms with Gasteiger partial charge in [-0.05, 0) is 31.4 Å². The van der Waals surface area contributed by atoms with Crippen molar-refractivity contribution in [2.24, 2.45) is 0 Å². The largest absolute Gasteiger partial charge is 0.383 e. The SMILES string of the molecule is Cc1nnc(NC(=O)N2CCC(O)(c3ccccc3C)C2)s1. The predicted molar refractivity (Wildman–Crippen MR) is 84.9 cm³/mol. The Bertz CT molecular complexity index is 702. The number of urea groups is 1. The molecule has 1 aliphatic rings. The molecule has 116 valence electrons. The molecular weight excluding hydrogens is 300 g/mol. The fraction of sp³-hybridized carbons (Fsp3) is 0.400. The molecule has 0 spiro atoms. The van der Waals surface area contributed by atoms with Crippen molar-refractivity contribution in [2.45, 2.75) is 25.9 Å². The summed E-state index contributed by atoms with van der Waals surface area (Å²) in [4.78, 5) is 13.9. The van der Waals surface area contributed by atoms with E-state index < -0.39 is 5.60 Å². The van der Waals surface area contributed by atoms with Gasteiger partial charge >= 0.3 is 6.03 Å². The standard InChI is InChI=1S/C15H18N4O2S/c1-10-5-3-4-6-12(10)15(21)7-8-19(9-15)14(20)16-13-18-17-11(2)22-13/h3-6,21H,7-9H2,1-2H3,(H,16,18,20). The fourth-order valence-corrected chi connectivity index (χ4v) is 3.38. The Balaban J connectivity index is 1.71. The van der Waals surface area contributed by atoms with Crippen molar-refractivity contribution in [1.29, 1.82) is 0 Å². The molecule has 2 heterocycles. The van der Waals surface area contributed by atoms with Crippen LogP contribution in [0.1, 0.15) is 22.6 Å². The molecule has 1 aromatic carbocycles. The van der Waals surface area contributed by atoms with Crippen LogP contribution in [0.25, 0.3) is 0 Å². The molecule has 6 nitrogen and oxygen atoms in total. The maximum Gasteiger partial charge on any atom is 0.323 e. The van der Waals surface area contributed by atoms with Gasteiger partial charge in [0.2, 0.25) is 5.13 Å². The molecule has 0 aliphatic carbocycles. The summed E-state index contributed by atoms with van der Waals surface area (Å²) in [5.41, 5.74) is 0.934. The van der Waals surface area contributed by atoms with Crippen LogP contribution >= 0.6 is 11.3 Å². The molecule has 1 atom stereocenters. The van der Waals surface area contributed by atoms with E-state index in [1.165, 1.54) is 11.3 Å². The van der Waals surface area contributed by atoms with E-state index in [1.807, 2.05) is 38.1 Å². The monoisotopic (exact) mass is 318 g/mol. The molecule has 2 N–H and O–H groups in total. The third kappa shape index (κ3) is 2.82. The van der Waals surface area contributed by atoms with Crippen LogP contribution in [0.2, 0.25) is 0 Å². The van der Waals surface area contributed by atoms with Crippen molar-refractivity contribution in [1.82, 2.24) is 15.1 Å². The van der Waals surface area contributed by atoms with Gasteiger partial charge < -0.3 is 10.0 Å². The van der Waals surface area contributed by atoms with E-state index in [9.17, 15) is 9.90 Å². The van der Waals surface area contributed by atoms with Crippen LogP contribution < -0.4 is 5.32 Å². The van der Waals surface area contributed by atoms with Crippen molar-refractivity contribution in [3.63, 3.8) is 0 Å². The highest BCUT2D eigenvalue weighted by atomic mass is 32.1. The fourth-order valence-electron chi connectivity index (χ4n) is 2.80. The number of benzene rings is 1. The quantitative estimate of drug-likeness (QED) is 0.890. The second kappa shape index (κ2) is 5.66. The third-order valence-corrected chi connectivity index (χ3v) is 4.68. The maximum absolute atomic E-state index is 12.3. The summed E-state index contributed by atoms with van der Waals surface area (Å²) >= 11 is 1.33. The van der Waals surface area contributed by atoms with Crippen LogP contribution in [-0.4, -0.2) is 39.3 Å². The number of aromatic nitrogens is 2. The smallest absolute Gasteiger partial charge is 0.323 e.